The van der Waals surface area contributed by atoms with Crippen LogP contribution in [0.5, 0.6) is 0 Å². The van der Waals surface area contributed by atoms with E-state index in [0.29, 0.717) is 5.78 Å². The largest absolute Gasteiger partial charge is 0.319 e. The molecule has 0 saturated heterocycles. The van der Waals surface area contributed by atoms with Crippen LogP contribution in [0.3, 0.4) is 0 Å². The molecule has 1 aromatic carbocycles. The number of ketones is 1. The first-order valence-corrected chi connectivity index (χ1v) is 6.40. The average molecular weight is 231 g/mol. The molecule has 92 valence electrons. The van der Waals surface area contributed by atoms with Crippen molar-refractivity contribution in [3.05, 3.63) is 35.4 Å². The number of carbonyl (C=O) groups excluding carboxylic acids is 1. The molecule has 0 spiro atoms. The predicted octanol–water partition coefficient (Wildman–Crippen LogP) is 2.60. The highest BCUT2D eigenvalue weighted by atomic mass is 16.1. The van der Waals surface area contributed by atoms with E-state index in [1.54, 1.807) is 0 Å². The van der Waals surface area contributed by atoms with Gasteiger partial charge in [-0.05, 0) is 32.4 Å². The lowest BCUT2D eigenvalue weighted by Gasteiger charge is -2.37. The van der Waals surface area contributed by atoms with Gasteiger partial charge in [-0.1, -0.05) is 29.8 Å². The summed E-state index contributed by atoms with van der Waals surface area (Å²) in [4.78, 5) is 11.4. The summed E-state index contributed by atoms with van der Waals surface area (Å²) < 4.78 is 0. The van der Waals surface area contributed by atoms with Gasteiger partial charge in [0.1, 0.15) is 5.78 Å². The minimum atomic E-state index is 0.163. The van der Waals surface area contributed by atoms with E-state index in [9.17, 15) is 4.79 Å². The maximum Gasteiger partial charge on any atom is 0.132 e. The van der Waals surface area contributed by atoms with Crippen molar-refractivity contribution in [2.45, 2.75) is 38.0 Å². The third-order valence-electron chi connectivity index (χ3n) is 3.94. The quantitative estimate of drug-likeness (QED) is 0.866. The van der Waals surface area contributed by atoms with E-state index in [4.69, 9.17) is 0 Å². The van der Waals surface area contributed by atoms with E-state index in [0.717, 1.165) is 32.2 Å². The number of hydrogen-bond acceptors (Lipinski definition) is 2. The van der Waals surface area contributed by atoms with Gasteiger partial charge in [-0.15, -0.1) is 0 Å². The lowest BCUT2D eigenvalue weighted by atomic mass is 9.69. The second-order valence-corrected chi connectivity index (χ2v) is 5.22. The number of benzene rings is 1. The maximum atomic E-state index is 11.4. The summed E-state index contributed by atoms with van der Waals surface area (Å²) in [6.45, 7) is 3.07. The summed E-state index contributed by atoms with van der Waals surface area (Å²) >= 11 is 0. The zero-order chi connectivity index (χ0) is 12.3. The zero-order valence-corrected chi connectivity index (χ0v) is 10.8. The maximum absolute atomic E-state index is 11.4. The van der Waals surface area contributed by atoms with E-state index in [2.05, 4.69) is 36.5 Å². The number of rotatable bonds is 3. The lowest BCUT2D eigenvalue weighted by Crippen LogP contribution is -2.40. The molecule has 1 fully saturated rings. The molecule has 0 aromatic heterocycles. The first-order chi connectivity index (χ1) is 8.16. The van der Waals surface area contributed by atoms with E-state index in [1.165, 1.54) is 11.1 Å². The fraction of sp³-hybridized carbons (Fsp3) is 0.533. The number of likely N-dealkylation sites (N-methyl/N-ethyl adjacent to an activating group) is 1. The van der Waals surface area contributed by atoms with Crippen LogP contribution in [0.15, 0.2) is 24.3 Å². The second-order valence-electron chi connectivity index (χ2n) is 5.22. The Morgan fingerprint density at radius 2 is 1.76 bits per heavy atom. The standard InChI is InChI=1S/C15H21NO/c1-12-3-5-13(6-4-12)15(11-16-2)9-7-14(17)8-10-15/h3-6,16H,7-11H2,1-2H3. The molecule has 0 unspecified atom stereocenters. The predicted molar refractivity (Wildman–Crippen MR) is 70.3 cm³/mol. The highest BCUT2D eigenvalue weighted by Gasteiger charge is 2.35. The summed E-state index contributed by atoms with van der Waals surface area (Å²) in [5.41, 5.74) is 2.83. The van der Waals surface area contributed by atoms with E-state index in [-0.39, 0.29) is 5.41 Å². The molecule has 1 saturated carbocycles. The first-order valence-electron chi connectivity index (χ1n) is 6.40. The first kappa shape index (κ1) is 12.3. The van der Waals surface area contributed by atoms with E-state index < -0.39 is 0 Å². The third-order valence-corrected chi connectivity index (χ3v) is 3.94. The van der Waals surface area contributed by atoms with Gasteiger partial charge in [0.15, 0.2) is 0 Å². The van der Waals surface area contributed by atoms with Crippen LogP contribution in [0.2, 0.25) is 0 Å². The molecule has 0 bridgehead atoms. The summed E-state index contributed by atoms with van der Waals surface area (Å²) in [7, 11) is 1.99. The van der Waals surface area contributed by atoms with Crippen molar-refractivity contribution in [1.29, 1.82) is 0 Å². The van der Waals surface area contributed by atoms with Crippen LogP contribution >= 0.6 is 0 Å². The topological polar surface area (TPSA) is 29.1 Å². The number of carbonyl (C=O) groups is 1. The molecule has 1 aliphatic carbocycles. The van der Waals surface area contributed by atoms with Gasteiger partial charge in [0.25, 0.3) is 0 Å². The van der Waals surface area contributed by atoms with Gasteiger partial charge in [0.05, 0.1) is 0 Å². The van der Waals surface area contributed by atoms with Crippen LogP contribution < -0.4 is 5.32 Å². The van der Waals surface area contributed by atoms with Gasteiger partial charge in [-0.2, -0.15) is 0 Å². The van der Waals surface area contributed by atoms with Gasteiger partial charge in [0, 0.05) is 24.8 Å². The van der Waals surface area contributed by atoms with Crippen molar-refractivity contribution in [3.63, 3.8) is 0 Å². The number of nitrogens with one attached hydrogen (secondary N) is 1. The summed E-state index contributed by atoms with van der Waals surface area (Å²) in [5, 5.41) is 3.29. The Morgan fingerprint density at radius 1 is 1.18 bits per heavy atom. The molecule has 2 heteroatoms. The molecule has 1 aromatic rings. The normalized spacial score (nSPS) is 19.3. The molecule has 2 rings (SSSR count). The van der Waals surface area contributed by atoms with Crippen molar-refractivity contribution in [1.82, 2.24) is 5.32 Å². The Hall–Kier alpha value is -1.15. The monoisotopic (exact) mass is 231 g/mol. The van der Waals surface area contributed by atoms with Gasteiger partial charge >= 0.3 is 0 Å². The summed E-state index contributed by atoms with van der Waals surface area (Å²) in [5.74, 6) is 0.420. The molecular weight excluding hydrogens is 210 g/mol. The number of hydrogen-bond donors (Lipinski definition) is 1. The van der Waals surface area contributed by atoms with Crippen LogP contribution in [0.1, 0.15) is 36.8 Å². The Labute approximate surface area is 103 Å². The minimum Gasteiger partial charge on any atom is -0.319 e. The smallest absolute Gasteiger partial charge is 0.132 e. The van der Waals surface area contributed by atoms with Crippen molar-refractivity contribution in [2.75, 3.05) is 13.6 Å². The molecule has 0 heterocycles. The molecule has 2 nitrogen and oxygen atoms in total. The molecule has 0 radical (unpaired) electrons. The van der Waals surface area contributed by atoms with E-state index in [1.807, 2.05) is 7.05 Å². The van der Waals surface area contributed by atoms with Crippen molar-refractivity contribution in [2.24, 2.45) is 0 Å². The van der Waals surface area contributed by atoms with Gasteiger partial charge < -0.3 is 5.32 Å². The van der Waals surface area contributed by atoms with Crippen molar-refractivity contribution < 1.29 is 4.79 Å². The number of Topliss-reactive ketones (excluding diaryl/α,β-unsaturated/α-hetero) is 1. The van der Waals surface area contributed by atoms with Gasteiger partial charge in [-0.25, -0.2) is 0 Å². The van der Waals surface area contributed by atoms with Crippen molar-refractivity contribution in [3.8, 4) is 0 Å². The zero-order valence-electron chi connectivity index (χ0n) is 10.8. The summed E-state index contributed by atoms with van der Waals surface area (Å²) in [6, 6.07) is 8.79. The Morgan fingerprint density at radius 3 is 2.29 bits per heavy atom. The minimum absolute atomic E-state index is 0.163. The second kappa shape index (κ2) is 5.01. The van der Waals surface area contributed by atoms with Crippen LogP contribution in [0.25, 0.3) is 0 Å². The molecule has 1 N–H and O–H groups in total. The lowest BCUT2D eigenvalue weighted by molar-refractivity contribution is -0.121. The van der Waals surface area contributed by atoms with E-state index >= 15 is 0 Å². The van der Waals surface area contributed by atoms with Crippen LogP contribution in [-0.4, -0.2) is 19.4 Å². The SMILES string of the molecule is CNCC1(c2ccc(C)cc2)CCC(=O)CC1. The highest BCUT2D eigenvalue weighted by Crippen LogP contribution is 2.37. The molecule has 0 aliphatic heterocycles. The molecule has 1 aliphatic rings. The summed E-state index contributed by atoms with van der Waals surface area (Å²) in [6.07, 6.45) is 3.43. The molecule has 0 atom stereocenters. The third kappa shape index (κ3) is 2.58. The Bertz CT molecular complexity index is 384. The molecule has 17 heavy (non-hydrogen) atoms. The van der Waals surface area contributed by atoms with Crippen LogP contribution in [0, 0.1) is 6.92 Å². The number of aryl methyl sites for hydroxylation is 1. The van der Waals surface area contributed by atoms with Crippen molar-refractivity contribution >= 4 is 5.78 Å². The molecule has 0 amide bonds. The van der Waals surface area contributed by atoms with Crippen LogP contribution in [0.4, 0.5) is 0 Å². The average Bonchev–Trinajstić information content (AvgIpc) is 2.34. The molecular formula is C15H21NO. The van der Waals surface area contributed by atoms with Gasteiger partial charge in [0.2, 0.25) is 0 Å². The Kier molecular flexibility index (Phi) is 3.63. The fourth-order valence-electron chi connectivity index (χ4n) is 2.82. The Balaban J connectivity index is 2.27. The van der Waals surface area contributed by atoms with Gasteiger partial charge in [-0.3, -0.25) is 4.79 Å². The highest BCUT2D eigenvalue weighted by molar-refractivity contribution is 5.79. The fourth-order valence-corrected chi connectivity index (χ4v) is 2.82. The van der Waals surface area contributed by atoms with Crippen LogP contribution in [-0.2, 0) is 10.2 Å².